The summed E-state index contributed by atoms with van der Waals surface area (Å²) < 4.78 is 0. The molecule has 1 aliphatic carbocycles. The predicted octanol–water partition coefficient (Wildman–Crippen LogP) is 3.52. The first-order chi connectivity index (χ1) is 7.18. The Morgan fingerprint density at radius 3 is 2.53 bits per heavy atom. The van der Waals surface area contributed by atoms with Gasteiger partial charge in [0.25, 0.3) is 0 Å². The molecule has 82 valence electrons. The minimum atomic E-state index is 0.357. The van der Waals surface area contributed by atoms with Gasteiger partial charge in [-0.3, -0.25) is 0 Å². The Kier molecular flexibility index (Phi) is 3.25. The maximum Gasteiger partial charge on any atom is 0.136 e. The molecule has 1 aromatic rings. The molecule has 1 aliphatic rings. The molecule has 1 heterocycles. The van der Waals surface area contributed by atoms with Crippen molar-refractivity contribution in [3.05, 3.63) is 22.2 Å². The summed E-state index contributed by atoms with van der Waals surface area (Å²) in [6, 6.07) is 0. The molecule has 3 heteroatoms. The third-order valence-electron chi connectivity index (χ3n) is 2.92. The third kappa shape index (κ3) is 2.31. The summed E-state index contributed by atoms with van der Waals surface area (Å²) in [7, 11) is 0. The Morgan fingerprint density at radius 2 is 1.80 bits per heavy atom. The quantitative estimate of drug-likeness (QED) is 0.539. The van der Waals surface area contributed by atoms with Gasteiger partial charge in [0, 0.05) is 17.2 Å². The van der Waals surface area contributed by atoms with E-state index in [0.717, 1.165) is 18.7 Å². The number of hydrogen-bond donors (Lipinski definition) is 0. The largest absolute Gasteiger partial charge is 0.237 e. The zero-order chi connectivity index (χ0) is 10.8. The topological polar surface area (TPSA) is 25.8 Å². The third-order valence-corrected chi connectivity index (χ3v) is 3.23. The van der Waals surface area contributed by atoms with Crippen LogP contribution in [0.25, 0.3) is 0 Å². The second-order valence-electron chi connectivity index (χ2n) is 4.51. The van der Waals surface area contributed by atoms with E-state index in [1.807, 2.05) is 0 Å². The maximum absolute atomic E-state index is 6.21. The smallest absolute Gasteiger partial charge is 0.136 e. The Bertz CT molecular complexity index is 361. The molecular weight excluding hydrogens is 208 g/mol. The lowest BCUT2D eigenvalue weighted by molar-refractivity contribution is 0.705. The molecule has 1 aromatic heterocycles. The highest BCUT2D eigenvalue weighted by atomic mass is 35.5. The summed E-state index contributed by atoms with van der Waals surface area (Å²) in [6.07, 6.45) is 5.85. The molecule has 0 saturated heterocycles. The molecule has 0 bridgehead atoms. The summed E-state index contributed by atoms with van der Waals surface area (Å²) in [5.41, 5.74) is 2.38. The Hall–Kier alpha value is -0.630. The number of fused-ring (bicyclic) bond motifs is 1. The number of halogens is 1. The second kappa shape index (κ2) is 4.48. The summed E-state index contributed by atoms with van der Waals surface area (Å²) >= 11 is 6.21. The molecule has 0 spiro atoms. The van der Waals surface area contributed by atoms with Gasteiger partial charge < -0.3 is 0 Å². The maximum atomic E-state index is 6.21. The van der Waals surface area contributed by atoms with Gasteiger partial charge >= 0.3 is 0 Å². The number of aryl methyl sites for hydroxylation is 1. The first-order valence-electron chi connectivity index (χ1n) is 5.73. The molecule has 2 nitrogen and oxygen atoms in total. The monoisotopic (exact) mass is 224 g/mol. The standard InChI is InChI=1S/C12H17ClN2/c1-8(2)12-14-10-7-5-3-4-6-9(10)11(13)15-12/h8H,3-7H2,1-2H3. The van der Waals surface area contributed by atoms with Crippen LogP contribution in [0.2, 0.25) is 5.15 Å². The molecule has 0 saturated carbocycles. The molecule has 15 heavy (non-hydrogen) atoms. The fourth-order valence-corrected chi connectivity index (χ4v) is 2.29. The van der Waals surface area contributed by atoms with Crippen molar-refractivity contribution in [2.45, 2.75) is 51.9 Å². The molecule has 0 radical (unpaired) electrons. The van der Waals surface area contributed by atoms with Crippen LogP contribution in [0.15, 0.2) is 0 Å². The van der Waals surface area contributed by atoms with Crippen LogP contribution >= 0.6 is 11.6 Å². The molecule has 0 aliphatic heterocycles. The van der Waals surface area contributed by atoms with E-state index in [4.69, 9.17) is 11.6 Å². The predicted molar refractivity (Wildman–Crippen MR) is 62.4 cm³/mol. The zero-order valence-electron chi connectivity index (χ0n) is 9.39. The van der Waals surface area contributed by atoms with Crippen molar-refractivity contribution in [1.82, 2.24) is 9.97 Å². The van der Waals surface area contributed by atoms with Gasteiger partial charge in [-0.2, -0.15) is 0 Å². The first-order valence-corrected chi connectivity index (χ1v) is 6.11. The average molecular weight is 225 g/mol. The van der Waals surface area contributed by atoms with Gasteiger partial charge in [-0.15, -0.1) is 0 Å². The molecular formula is C12H17ClN2. The lowest BCUT2D eigenvalue weighted by atomic mass is 10.1. The average Bonchev–Trinajstić information content (AvgIpc) is 2.42. The van der Waals surface area contributed by atoms with E-state index in [9.17, 15) is 0 Å². The minimum Gasteiger partial charge on any atom is -0.237 e. The summed E-state index contributed by atoms with van der Waals surface area (Å²) in [5.74, 6) is 1.25. The van der Waals surface area contributed by atoms with Crippen molar-refractivity contribution in [1.29, 1.82) is 0 Å². The van der Waals surface area contributed by atoms with Crippen molar-refractivity contribution >= 4 is 11.6 Å². The van der Waals surface area contributed by atoms with Gasteiger partial charge in [-0.05, 0) is 25.7 Å². The van der Waals surface area contributed by atoms with Crippen LogP contribution in [-0.4, -0.2) is 9.97 Å². The number of aromatic nitrogens is 2. The van der Waals surface area contributed by atoms with Gasteiger partial charge in [-0.25, -0.2) is 9.97 Å². The Balaban J connectivity index is 2.44. The number of nitrogens with zero attached hydrogens (tertiary/aromatic N) is 2. The van der Waals surface area contributed by atoms with Crippen LogP contribution in [-0.2, 0) is 12.8 Å². The van der Waals surface area contributed by atoms with Crippen molar-refractivity contribution in [2.75, 3.05) is 0 Å². The summed E-state index contributed by atoms with van der Waals surface area (Å²) in [6.45, 7) is 4.21. The molecule has 0 atom stereocenters. The van der Waals surface area contributed by atoms with Crippen LogP contribution in [0, 0.1) is 0 Å². The fourth-order valence-electron chi connectivity index (χ4n) is 2.00. The first kappa shape index (κ1) is 10.9. The van der Waals surface area contributed by atoms with Crippen LogP contribution in [0.4, 0.5) is 0 Å². The van der Waals surface area contributed by atoms with Crippen LogP contribution in [0.5, 0.6) is 0 Å². The molecule has 0 fully saturated rings. The second-order valence-corrected chi connectivity index (χ2v) is 4.87. The van der Waals surface area contributed by atoms with Crippen molar-refractivity contribution in [3.8, 4) is 0 Å². The van der Waals surface area contributed by atoms with Gasteiger partial charge in [0.05, 0.1) is 0 Å². The summed E-state index contributed by atoms with van der Waals surface area (Å²) in [4.78, 5) is 9.02. The summed E-state index contributed by atoms with van der Waals surface area (Å²) in [5, 5.41) is 0.686. The highest BCUT2D eigenvalue weighted by molar-refractivity contribution is 6.30. The van der Waals surface area contributed by atoms with Gasteiger partial charge in [-0.1, -0.05) is 31.9 Å². The zero-order valence-corrected chi connectivity index (χ0v) is 10.1. The minimum absolute atomic E-state index is 0.357. The van der Waals surface area contributed by atoms with E-state index < -0.39 is 0 Å². The molecule has 0 N–H and O–H groups in total. The van der Waals surface area contributed by atoms with E-state index >= 15 is 0 Å². The molecule has 0 amide bonds. The number of rotatable bonds is 1. The van der Waals surface area contributed by atoms with Crippen molar-refractivity contribution in [3.63, 3.8) is 0 Å². The highest BCUT2D eigenvalue weighted by Crippen LogP contribution is 2.26. The van der Waals surface area contributed by atoms with E-state index in [-0.39, 0.29) is 0 Å². The van der Waals surface area contributed by atoms with E-state index in [2.05, 4.69) is 23.8 Å². The van der Waals surface area contributed by atoms with E-state index in [1.54, 1.807) is 0 Å². The van der Waals surface area contributed by atoms with Gasteiger partial charge in [0.2, 0.25) is 0 Å². The normalized spacial score (nSPS) is 16.3. The fraction of sp³-hybridized carbons (Fsp3) is 0.667. The molecule has 2 rings (SSSR count). The van der Waals surface area contributed by atoms with E-state index in [0.29, 0.717) is 11.1 Å². The van der Waals surface area contributed by atoms with Gasteiger partial charge in [0.15, 0.2) is 0 Å². The van der Waals surface area contributed by atoms with E-state index in [1.165, 1.54) is 30.5 Å². The van der Waals surface area contributed by atoms with Crippen LogP contribution < -0.4 is 0 Å². The SMILES string of the molecule is CC(C)c1nc(Cl)c2c(n1)CCCCC2. The number of hydrogen-bond acceptors (Lipinski definition) is 2. The van der Waals surface area contributed by atoms with Crippen molar-refractivity contribution in [2.24, 2.45) is 0 Å². The van der Waals surface area contributed by atoms with Crippen LogP contribution in [0.3, 0.4) is 0 Å². The van der Waals surface area contributed by atoms with Crippen molar-refractivity contribution < 1.29 is 0 Å². The van der Waals surface area contributed by atoms with Crippen LogP contribution in [0.1, 0.15) is 56.1 Å². The Labute approximate surface area is 96.1 Å². The lowest BCUT2D eigenvalue weighted by Gasteiger charge is -2.11. The Morgan fingerprint density at radius 1 is 1.07 bits per heavy atom. The highest BCUT2D eigenvalue weighted by Gasteiger charge is 2.16. The molecule has 0 unspecified atom stereocenters. The lowest BCUT2D eigenvalue weighted by Crippen LogP contribution is -2.06. The molecule has 0 aromatic carbocycles. The van der Waals surface area contributed by atoms with Gasteiger partial charge in [0.1, 0.15) is 11.0 Å².